The number of aromatic nitrogens is 4. The Hall–Kier alpha value is -3.81. The van der Waals surface area contributed by atoms with Gasteiger partial charge < -0.3 is 15.8 Å². The molecule has 238 valence electrons. The zero-order chi connectivity index (χ0) is 32.0. The topological polar surface area (TPSA) is 111 Å². The number of imidazole rings is 1. The fourth-order valence-electron chi connectivity index (χ4n) is 6.26. The number of alkyl halides is 3. The summed E-state index contributed by atoms with van der Waals surface area (Å²) < 4.78 is 62.9. The third-order valence-corrected chi connectivity index (χ3v) is 8.98. The maximum atomic E-state index is 15.7. The van der Waals surface area contributed by atoms with Gasteiger partial charge in [0, 0.05) is 36.0 Å². The summed E-state index contributed by atoms with van der Waals surface area (Å²) in [5.41, 5.74) is 5.67. The molecule has 14 heteroatoms. The lowest BCUT2D eigenvalue weighted by molar-refractivity contribution is -0.137. The highest BCUT2D eigenvalue weighted by Gasteiger charge is 2.37. The smallest absolute Gasteiger partial charge is 0.382 e. The average molecular weight is 646 g/mol. The van der Waals surface area contributed by atoms with Crippen LogP contribution in [0.3, 0.4) is 0 Å². The number of carbonyl (C=O) groups is 1. The molecule has 6 rings (SSSR count). The summed E-state index contributed by atoms with van der Waals surface area (Å²) in [6.45, 7) is 5.49. The molecular weight excluding hydrogens is 614 g/mol. The van der Waals surface area contributed by atoms with Crippen LogP contribution in [-0.2, 0) is 10.9 Å². The molecular formula is C31H32ClF4N7O2. The zero-order valence-corrected chi connectivity index (χ0v) is 25.4. The van der Waals surface area contributed by atoms with Crippen LogP contribution < -0.4 is 11.1 Å². The number of hydrogen-bond donors (Lipinski definition) is 2. The zero-order valence-electron chi connectivity index (χ0n) is 24.6. The molecule has 1 aromatic carbocycles. The van der Waals surface area contributed by atoms with E-state index >= 15 is 4.39 Å². The average Bonchev–Trinajstić information content (AvgIpc) is 3.41. The second kappa shape index (κ2) is 12.2. The number of morpholine rings is 1. The molecule has 45 heavy (non-hydrogen) atoms. The lowest BCUT2D eigenvalue weighted by Gasteiger charge is -2.44. The first-order chi connectivity index (χ1) is 21.4. The monoisotopic (exact) mass is 645 g/mol. The standard InChI is InChI=1S/C31H32ClF4N7O2/c1-16-3-6-20(7-4-16)42-14-23(45-15-17(42)2)29-41-26(27-28(37)39-13-24(32)43(27)29)21-8-5-18(11-22(21)33)30(44)40-25-12-19(9-10-38-25)31(34,35)36/h5,8-13,16-17,20,23H,3-4,6-7,14-15H2,1-2H3,(H2,37,39)(H,38,40,44)/t16-,17-,20-,23+/m0/s1. The molecule has 2 atom stereocenters. The van der Waals surface area contributed by atoms with Crippen molar-refractivity contribution in [3.05, 3.63) is 70.6 Å². The first kappa shape index (κ1) is 31.2. The lowest BCUT2D eigenvalue weighted by atomic mass is 9.86. The van der Waals surface area contributed by atoms with Gasteiger partial charge in [-0.15, -0.1) is 0 Å². The van der Waals surface area contributed by atoms with Gasteiger partial charge >= 0.3 is 6.18 Å². The molecule has 2 aliphatic rings. The van der Waals surface area contributed by atoms with Crippen LogP contribution in [0.25, 0.3) is 16.8 Å². The molecule has 0 unspecified atom stereocenters. The van der Waals surface area contributed by atoms with Crippen molar-refractivity contribution in [3.8, 4) is 11.3 Å². The van der Waals surface area contributed by atoms with Crippen LogP contribution in [0.1, 0.15) is 67.4 Å². The number of amides is 1. The molecule has 0 spiro atoms. The third kappa shape index (κ3) is 6.21. The third-order valence-electron chi connectivity index (χ3n) is 8.71. The van der Waals surface area contributed by atoms with Crippen molar-refractivity contribution in [2.75, 3.05) is 24.2 Å². The molecule has 9 nitrogen and oxygen atoms in total. The van der Waals surface area contributed by atoms with Gasteiger partial charge in [-0.3, -0.25) is 14.1 Å². The summed E-state index contributed by atoms with van der Waals surface area (Å²) in [6, 6.07) is 5.80. The highest BCUT2D eigenvalue weighted by molar-refractivity contribution is 6.30. The normalized spacial score (nSPS) is 22.9. The Morgan fingerprint density at radius 2 is 1.87 bits per heavy atom. The van der Waals surface area contributed by atoms with Crippen molar-refractivity contribution in [2.24, 2.45) is 5.92 Å². The summed E-state index contributed by atoms with van der Waals surface area (Å²) in [5.74, 6) is -0.720. The fraction of sp³-hybridized carbons (Fsp3) is 0.419. The van der Waals surface area contributed by atoms with E-state index in [-0.39, 0.29) is 39.7 Å². The molecule has 1 saturated heterocycles. The quantitative estimate of drug-likeness (QED) is 0.230. The number of nitrogens with two attached hydrogens (primary N) is 1. The number of ether oxygens (including phenoxy) is 1. The molecule has 0 radical (unpaired) electrons. The molecule has 1 aliphatic heterocycles. The van der Waals surface area contributed by atoms with Gasteiger partial charge in [0.05, 0.1) is 18.4 Å². The summed E-state index contributed by atoms with van der Waals surface area (Å²) in [6.07, 6.45) is 1.80. The number of nitrogen functional groups attached to an aromatic ring is 1. The molecule has 1 saturated carbocycles. The Morgan fingerprint density at radius 3 is 2.58 bits per heavy atom. The maximum absolute atomic E-state index is 15.7. The highest BCUT2D eigenvalue weighted by atomic mass is 35.5. The number of halogens is 5. The van der Waals surface area contributed by atoms with E-state index in [0.717, 1.165) is 31.2 Å². The molecule has 0 bridgehead atoms. The maximum Gasteiger partial charge on any atom is 0.416 e. The SMILES string of the molecule is C[C@H]1CO[C@@H](c2nc(-c3ccc(C(=O)Nc4cc(C(F)(F)F)ccn4)cc3F)c3c(N)ncc(Cl)n23)CN1[C@H]1CC[C@H](C)CC1. The van der Waals surface area contributed by atoms with Crippen molar-refractivity contribution in [2.45, 2.75) is 63.9 Å². The van der Waals surface area contributed by atoms with Crippen LogP contribution >= 0.6 is 11.6 Å². The van der Waals surface area contributed by atoms with E-state index in [4.69, 9.17) is 27.1 Å². The summed E-state index contributed by atoms with van der Waals surface area (Å²) in [4.78, 5) is 28.0. The van der Waals surface area contributed by atoms with Crippen LogP contribution in [0.4, 0.5) is 29.2 Å². The number of benzene rings is 1. The molecule has 3 N–H and O–H groups in total. The van der Waals surface area contributed by atoms with Gasteiger partial charge in [-0.1, -0.05) is 18.5 Å². The molecule has 4 aromatic rings. The van der Waals surface area contributed by atoms with Crippen molar-refractivity contribution in [1.82, 2.24) is 24.3 Å². The Bertz CT molecular complexity index is 1740. The van der Waals surface area contributed by atoms with Crippen LogP contribution in [0.2, 0.25) is 5.15 Å². The number of carbonyl (C=O) groups excluding carboxylic acids is 1. The number of nitrogens with one attached hydrogen (secondary N) is 1. The highest BCUT2D eigenvalue weighted by Crippen LogP contribution is 2.38. The predicted molar refractivity (Wildman–Crippen MR) is 161 cm³/mol. The Morgan fingerprint density at radius 1 is 1.11 bits per heavy atom. The number of nitrogens with zero attached hydrogens (tertiary/aromatic N) is 5. The minimum absolute atomic E-state index is 0.0329. The van der Waals surface area contributed by atoms with E-state index in [1.807, 2.05) is 0 Å². The molecule has 4 heterocycles. The van der Waals surface area contributed by atoms with Gasteiger partial charge in [-0.2, -0.15) is 13.2 Å². The minimum atomic E-state index is -4.62. The van der Waals surface area contributed by atoms with Gasteiger partial charge in [-0.05, 0) is 68.9 Å². The number of fused-ring (bicyclic) bond motifs is 1. The van der Waals surface area contributed by atoms with Crippen LogP contribution in [-0.4, -0.2) is 55.4 Å². The van der Waals surface area contributed by atoms with Gasteiger partial charge in [0.2, 0.25) is 0 Å². The van der Waals surface area contributed by atoms with Crippen molar-refractivity contribution < 1.29 is 27.1 Å². The second-order valence-electron chi connectivity index (χ2n) is 11.8. The molecule has 1 aliphatic carbocycles. The van der Waals surface area contributed by atoms with Crippen molar-refractivity contribution in [3.63, 3.8) is 0 Å². The van der Waals surface area contributed by atoms with Crippen LogP contribution in [0, 0.1) is 11.7 Å². The van der Waals surface area contributed by atoms with E-state index < -0.39 is 29.6 Å². The Kier molecular flexibility index (Phi) is 8.44. The lowest BCUT2D eigenvalue weighted by Crippen LogP contribution is -2.51. The van der Waals surface area contributed by atoms with Gasteiger partial charge in [-0.25, -0.2) is 19.3 Å². The summed E-state index contributed by atoms with van der Waals surface area (Å²) in [7, 11) is 0. The van der Waals surface area contributed by atoms with E-state index in [9.17, 15) is 18.0 Å². The van der Waals surface area contributed by atoms with E-state index in [0.29, 0.717) is 42.5 Å². The summed E-state index contributed by atoms with van der Waals surface area (Å²) in [5, 5.41) is 2.50. The Labute approximate surface area is 261 Å². The predicted octanol–water partition coefficient (Wildman–Crippen LogP) is 6.78. The fourth-order valence-corrected chi connectivity index (χ4v) is 6.48. The number of pyridine rings is 1. The van der Waals surface area contributed by atoms with Crippen LogP contribution in [0.5, 0.6) is 0 Å². The van der Waals surface area contributed by atoms with Gasteiger partial charge in [0.25, 0.3) is 5.91 Å². The van der Waals surface area contributed by atoms with E-state index in [1.54, 1.807) is 4.40 Å². The van der Waals surface area contributed by atoms with Crippen LogP contribution in [0.15, 0.2) is 42.7 Å². The Balaban J connectivity index is 1.32. The molecule has 3 aromatic heterocycles. The number of anilines is 2. The van der Waals surface area contributed by atoms with E-state index in [1.165, 1.54) is 31.2 Å². The first-order valence-corrected chi connectivity index (χ1v) is 15.1. The number of hydrogen-bond acceptors (Lipinski definition) is 7. The van der Waals surface area contributed by atoms with Gasteiger partial charge in [0.15, 0.2) is 0 Å². The van der Waals surface area contributed by atoms with E-state index in [2.05, 4.69) is 34.0 Å². The van der Waals surface area contributed by atoms with Crippen molar-refractivity contribution in [1.29, 1.82) is 0 Å². The summed E-state index contributed by atoms with van der Waals surface area (Å²) >= 11 is 6.62. The van der Waals surface area contributed by atoms with Gasteiger partial charge in [0.1, 0.15) is 45.7 Å². The second-order valence-corrected chi connectivity index (χ2v) is 12.2. The minimum Gasteiger partial charge on any atom is -0.382 e. The molecule has 1 amide bonds. The largest absolute Gasteiger partial charge is 0.416 e. The van der Waals surface area contributed by atoms with Crippen molar-refractivity contribution >= 4 is 34.7 Å². The first-order valence-electron chi connectivity index (χ1n) is 14.7. The molecule has 2 fully saturated rings. The number of rotatable bonds is 5.